The number of rotatable bonds is 4. The summed E-state index contributed by atoms with van der Waals surface area (Å²) in [7, 11) is 2.27. The Bertz CT molecular complexity index is 375. The quantitative estimate of drug-likeness (QED) is 0.878. The zero-order valence-corrected chi connectivity index (χ0v) is 11.9. The molecule has 0 spiro atoms. The number of aryl methyl sites for hydroxylation is 1. The Morgan fingerprint density at radius 1 is 1.33 bits per heavy atom. The van der Waals surface area contributed by atoms with Crippen molar-refractivity contribution in [3.05, 3.63) is 35.4 Å². The summed E-state index contributed by atoms with van der Waals surface area (Å²) in [6, 6.07) is 9.44. The fourth-order valence-corrected chi connectivity index (χ4v) is 3.21. The Labute approximate surface area is 111 Å². The minimum absolute atomic E-state index is 0.582. The highest BCUT2D eigenvalue weighted by Gasteiger charge is 2.30. The van der Waals surface area contributed by atoms with Crippen molar-refractivity contribution >= 4 is 0 Å². The van der Waals surface area contributed by atoms with Gasteiger partial charge < -0.3 is 5.32 Å². The topological polar surface area (TPSA) is 15.3 Å². The van der Waals surface area contributed by atoms with Crippen LogP contribution in [0.2, 0.25) is 0 Å². The van der Waals surface area contributed by atoms with Crippen LogP contribution in [0.5, 0.6) is 0 Å². The number of nitrogens with one attached hydrogen (secondary N) is 1. The van der Waals surface area contributed by atoms with Crippen LogP contribution in [-0.2, 0) is 0 Å². The van der Waals surface area contributed by atoms with Crippen LogP contribution >= 0.6 is 0 Å². The highest BCUT2D eigenvalue weighted by atomic mass is 15.1. The van der Waals surface area contributed by atoms with Gasteiger partial charge in [-0.15, -0.1) is 0 Å². The molecule has 0 saturated carbocycles. The lowest BCUT2D eigenvalue weighted by molar-refractivity contribution is 0.119. The lowest BCUT2D eigenvalue weighted by Gasteiger charge is -2.40. The maximum absolute atomic E-state index is 3.53. The van der Waals surface area contributed by atoms with Crippen LogP contribution in [0.15, 0.2) is 24.3 Å². The van der Waals surface area contributed by atoms with Gasteiger partial charge in [0.15, 0.2) is 0 Å². The van der Waals surface area contributed by atoms with Gasteiger partial charge in [0, 0.05) is 6.04 Å². The van der Waals surface area contributed by atoms with Crippen molar-refractivity contribution in [2.75, 3.05) is 26.7 Å². The van der Waals surface area contributed by atoms with E-state index in [1.54, 1.807) is 0 Å². The molecule has 0 aliphatic carbocycles. The molecule has 100 valence electrons. The third-order valence-corrected chi connectivity index (χ3v) is 4.17. The zero-order valence-electron chi connectivity index (χ0n) is 11.9. The molecule has 2 unspecified atom stereocenters. The molecule has 18 heavy (non-hydrogen) atoms. The molecule has 1 N–H and O–H groups in total. The highest BCUT2D eigenvalue weighted by molar-refractivity contribution is 5.29. The molecular formula is C16H26N2. The van der Waals surface area contributed by atoms with Gasteiger partial charge in [-0.05, 0) is 63.5 Å². The summed E-state index contributed by atoms with van der Waals surface area (Å²) in [5.41, 5.74) is 2.94. The van der Waals surface area contributed by atoms with Crippen molar-refractivity contribution in [3.8, 4) is 0 Å². The summed E-state index contributed by atoms with van der Waals surface area (Å²) in [5, 5.41) is 3.53. The van der Waals surface area contributed by atoms with Gasteiger partial charge in [0.25, 0.3) is 0 Å². The third-order valence-electron chi connectivity index (χ3n) is 4.17. The molecule has 2 heteroatoms. The van der Waals surface area contributed by atoms with Gasteiger partial charge in [0.05, 0.1) is 0 Å². The first-order chi connectivity index (χ1) is 8.74. The lowest BCUT2D eigenvalue weighted by Crippen LogP contribution is -2.40. The molecule has 2 rings (SSSR count). The lowest BCUT2D eigenvalue weighted by atomic mass is 9.83. The summed E-state index contributed by atoms with van der Waals surface area (Å²) in [6.07, 6.45) is 2.67. The minimum Gasteiger partial charge on any atom is -0.317 e. The van der Waals surface area contributed by atoms with E-state index in [2.05, 4.69) is 55.4 Å². The predicted octanol–water partition coefficient (Wildman–Crippen LogP) is 2.99. The number of hydrogen-bond donors (Lipinski definition) is 1. The number of nitrogens with zero attached hydrogens (tertiary/aromatic N) is 1. The summed E-state index contributed by atoms with van der Waals surface area (Å²) < 4.78 is 0. The molecule has 1 fully saturated rings. The average Bonchev–Trinajstić information content (AvgIpc) is 2.38. The van der Waals surface area contributed by atoms with Crippen LogP contribution in [0.4, 0.5) is 0 Å². The zero-order chi connectivity index (χ0) is 13.0. The molecule has 1 aliphatic rings. The maximum Gasteiger partial charge on any atom is 0.0387 e. The van der Waals surface area contributed by atoms with E-state index in [-0.39, 0.29) is 0 Å². The van der Waals surface area contributed by atoms with E-state index in [0.717, 1.165) is 19.0 Å². The standard InChI is InChI=1S/C16H26N2/c1-4-17-12-14-9-7-11-18(3)16(14)15-10-6-5-8-13(15)2/h5-6,8,10,14,16-17H,4,7,9,11-12H2,1-3H3. The van der Waals surface area contributed by atoms with Crippen LogP contribution in [0.3, 0.4) is 0 Å². The molecule has 1 aromatic rings. The Hall–Kier alpha value is -0.860. The largest absolute Gasteiger partial charge is 0.317 e. The second-order valence-electron chi connectivity index (χ2n) is 5.49. The Balaban J connectivity index is 2.21. The number of piperidine rings is 1. The van der Waals surface area contributed by atoms with Gasteiger partial charge in [-0.1, -0.05) is 31.2 Å². The second kappa shape index (κ2) is 6.35. The normalized spacial score (nSPS) is 25.3. The number of benzene rings is 1. The first-order valence-corrected chi connectivity index (χ1v) is 7.20. The van der Waals surface area contributed by atoms with Crippen molar-refractivity contribution < 1.29 is 0 Å². The molecule has 0 bridgehead atoms. The van der Waals surface area contributed by atoms with Crippen molar-refractivity contribution in [1.82, 2.24) is 10.2 Å². The first kappa shape index (κ1) is 13.6. The van der Waals surface area contributed by atoms with E-state index in [1.807, 2.05) is 0 Å². The van der Waals surface area contributed by atoms with Gasteiger partial charge in [-0.2, -0.15) is 0 Å². The summed E-state index contributed by atoms with van der Waals surface area (Å²) >= 11 is 0. The van der Waals surface area contributed by atoms with Crippen molar-refractivity contribution in [3.63, 3.8) is 0 Å². The Morgan fingerprint density at radius 2 is 2.11 bits per heavy atom. The van der Waals surface area contributed by atoms with Gasteiger partial charge in [-0.3, -0.25) is 4.90 Å². The van der Waals surface area contributed by atoms with Gasteiger partial charge in [0.2, 0.25) is 0 Å². The summed E-state index contributed by atoms with van der Waals surface area (Å²) in [5.74, 6) is 0.741. The maximum atomic E-state index is 3.53. The molecule has 0 radical (unpaired) electrons. The molecular weight excluding hydrogens is 220 g/mol. The summed E-state index contributed by atoms with van der Waals surface area (Å²) in [6.45, 7) is 7.86. The SMILES string of the molecule is CCNCC1CCCN(C)C1c1ccccc1C. The van der Waals surface area contributed by atoms with Gasteiger partial charge >= 0.3 is 0 Å². The average molecular weight is 246 g/mol. The molecule has 1 aromatic carbocycles. The highest BCUT2D eigenvalue weighted by Crippen LogP contribution is 2.35. The monoisotopic (exact) mass is 246 g/mol. The van der Waals surface area contributed by atoms with E-state index in [9.17, 15) is 0 Å². The van der Waals surface area contributed by atoms with E-state index in [0.29, 0.717) is 6.04 Å². The van der Waals surface area contributed by atoms with Crippen LogP contribution in [0.1, 0.15) is 36.9 Å². The molecule has 1 saturated heterocycles. The Kier molecular flexibility index (Phi) is 4.79. The third kappa shape index (κ3) is 2.93. The second-order valence-corrected chi connectivity index (χ2v) is 5.49. The van der Waals surface area contributed by atoms with Crippen LogP contribution in [-0.4, -0.2) is 31.6 Å². The number of hydrogen-bond acceptors (Lipinski definition) is 2. The Morgan fingerprint density at radius 3 is 2.83 bits per heavy atom. The smallest absolute Gasteiger partial charge is 0.0387 e. The van der Waals surface area contributed by atoms with E-state index < -0.39 is 0 Å². The fraction of sp³-hybridized carbons (Fsp3) is 0.625. The van der Waals surface area contributed by atoms with Crippen LogP contribution < -0.4 is 5.32 Å². The molecule has 2 nitrogen and oxygen atoms in total. The minimum atomic E-state index is 0.582. The van der Waals surface area contributed by atoms with Crippen molar-refractivity contribution in [2.45, 2.75) is 32.7 Å². The molecule has 0 aromatic heterocycles. The van der Waals surface area contributed by atoms with Gasteiger partial charge in [0.1, 0.15) is 0 Å². The van der Waals surface area contributed by atoms with E-state index in [1.165, 1.54) is 30.5 Å². The van der Waals surface area contributed by atoms with E-state index >= 15 is 0 Å². The van der Waals surface area contributed by atoms with Crippen LogP contribution in [0, 0.1) is 12.8 Å². The summed E-state index contributed by atoms with van der Waals surface area (Å²) in [4.78, 5) is 2.54. The van der Waals surface area contributed by atoms with Crippen LogP contribution in [0.25, 0.3) is 0 Å². The van der Waals surface area contributed by atoms with Crippen molar-refractivity contribution in [1.29, 1.82) is 0 Å². The molecule has 2 atom stereocenters. The first-order valence-electron chi connectivity index (χ1n) is 7.20. The van der Waals surface area contributed by atoms with Gasteiger partial charge in [-0.25, -0.2) is 0 Å². The molecule has 1 heterocycles. The van der Waals surface area contributed by atoms with Crippen molar-refractivity contribution in [2.24, 2.45) is 5.92 Å². The predicted molar refractivity (Wildman–Crippen MR) is 77.8 cm³/mol. The van der Waals surface area contributed by atoms with E-state index in [4.69, 9.17) is 0 Å². The molecule has 0 amide bonds. The number of likely N-dealkylation sites (tertiary alicyclic amines) is 1. The fourth-order valence-electron chi connectivity index (χ4n) is 3.21. The molecule has 1 aliphatic heterocycles.